The maximum atomic E-state index is 5.52. The molecule has 0 unspecified atom stereocenters. The normalized spacial score (nSPS) is 11.0. The van der Waals surface area contributed by atoms with Gasteiger partial charge in [0.05, 0.1) is 0 Å². The van der Waals surface area contributed by atoms with Crippen LogP contribution in [0.3, 0.4) is 0 Å². The van der Waals surface area contributed by atoms with Gasteiger partial charge in [0.2, 0.25) is 0 Å². The third kappa shape index (κ3) is 1.77. The monoisotopic (exact) mass is 249 g/mol. The molecular formula is C10H5N2O2S2. The number of rotatable bonds is 2. The highest BCUT2D eigenvalue weighted by Crippen LogP contribution is 2.29. The fourth-order valence-electron chi connectivity index (χ4n) is 1.27. The predicted octanol–water partition coefficient (Wildman–Crippen LogP) is 3.52. The SMILES string of the molecule is [S]c1nc(Sc2nc3ccccc3o2)co1. The molecule has 0 atom stereocenters. The summed E-state index contributed by atoms with van der Waals surface area (Å²) in [6, 6.07) is 7.58. The Bertz CT molecular complexity index is 599. The topological polar surface area (TPSA) is 52.1 Å². The van der Waals surface area contributed by atoms with Crippen molar-refractivity contribution >= 4 is 35.5 Å². The van der Waals surface area contributed by atoms with Crippen molar-refractivity contribution in [3.63, 3.8) is 0 Å². The highest BCUT2D eigenvalue weighted by Gasteiger charge is 2.09. The van der Waals surface area contributed by atoms with Crippen molar-refractivity contribution in [2.24, 2.45) is 0 Å². The van der Waals surface area contributed by atoms with Gasteiger partial charge in [-0.25, -0.2) is 4.98 Å². The van der Waals surface area contributed by atoms with Crippen LogP contribution in [0.25, 0.3) is 11.1 Å². The molecule has 2 heterocycles. The molecule has 3 aromatic rings. The highest BCUT2D eigenvalue weighted by molar-refractivity contribution is 7.99. The molecule has 0 N–H and O–H groups in total. The van der Waals surface area contributed by atoms with Crippen molar-refractivity contribution in [3.05, 3.63) is 30.5 Å². The first-order valence-corrected chi connectivity index (χ1v) is 5.70. The van der Waals surface area contributed by atoms with Gasteiger partial charge >= 0.3 is 0 Å². The minimum absolute atomic E-state index is 0.221. The van der Waals surface area contributed by atoms with Crippen LogP contribution in [0.15, 0.2) is 54.8 Å². The number of oxazole rings is 2. The number of hydrogen-bond acceptors (Lipinski definition) is 5. The Balaban J connectivity index is 1.95. The van der Waals surface area contributed by atoms with Gasteiger partial charge in [0.25, 0.3) is 10.4 Å². The van der Waals surface area contributed by atoms with Gasteiger partial charge in [-0.1, -0.05) is 12.1 Å². The molecule has 4 nitrogen and oxygen atoms in total. The second-order valence-electron chi connectivity index (χ2n) is 3.00. The lowest BCUT2D eigenvalue weighted by Gasteiger charge is -1.86. The molecule has 0 spiro atoms. The van der Waals surface area contributed by atoms with Crippen LogP contribution >= 0.6 is 24.4 Å². The van der Waals surface area contributed by atoms with Gasteiger partial charge in [0.15, 0.2) is 5.58 Å². The smallest absolute Gasteiger partial charge is 0.289 e. The van der Waals surface area contributed by atoms with E-state index in [9.17, 15) is 0 Å². The summed E-state index contributed by atoms with van der Waals surface area (Å²) < 4.78 is 10.4. The third-order valence-corrected chi connectivity index (χ3v) is 2.86. The molecule has 3 rings (SSSR count). The zero-order valence-electron chi connectivity index (χ0n) is 7.91. The zero-order valence-corrected chi connectivity index (χ0v) is 9.55. The van der Waals surface area contributed by atoms with Gasteiger partial charge < -0.3 is 8.83 Å². The first-order valence-electron chi connectivity index (χ1n) is 4.47. The second kappa shape index (κ2) is 3.80. The molecule has 1 aromatic carbocycles. The summed E-state index contributed by atoms with van der Waals surface area (Å²) in [5.41, 5.74) is 1.58. The Kier molecular flexibility index (Phi) is 2.30. The van der Waals surface area contributed by atoms with Crippen LogP contribution in [0.1, 0.15) is 0 Å². The van der Waals surface area contributed by atoms with Crippen molar-refractivity contribution in [2.45, 2.75) is 15.5 Å². The lowest BCUT2D eigenvalue weighted by Crippen LogP contribution is -1.71. The van der Waals surface area contributed by atoms with E-state index < -0.39 is 0 Å². The first kappa shape index (κ1) is 9.68. The van der Waals surface area contributed by atoms with E-state index in [0.29, 0.717) is 10.2 Å². The Morgan fingerprint density at radius 2 is 2.06 bits per heavy atom. The molecule has 0 saturated carbocycles. The standard InChI is InChI=1S/C10H5N2O2S2/c15-9-12-8(5-13-9)16-10-11-6-3-1-2-4-7(6)14-10/h1-5H. The van der Waals surface area contributed by atoms with E-state index in [0.717, 1.165) is 11.1 Å². The fraction of sp³-hybridized carbons (Fsp3) is 0. The lowest BCUT2D eigenvalue weighted by atomic mass is 10.3. The number of nitrogens with zero attached hydrogens (tertiary/aromatic N) is 2. The summed E-state index contributed by atoms with van der Waals surface area (Å²) in [6.07, 6.45) is 1.49. The maximum Gasteiger partial charge on any atom is 0.289 e. The van der Waals surface area contributed by atoms with Crippen molar-refractivity contribution < 1.29 is 8.83 Å². The molecule has 6 heteroatoms. The summed E-state index contributed by atoms with van der Waals surface area (Å²) >= 11 is 6.06. The average molecular weight is 249 g/mol. The molecule has 0 aliphatic rings. The molecule has 0 amide bonds. The minimum Gasteiger partial charge on any atom is -0.435 e. The van der Waals surface area contributed by atoms with Gasteiger partial charge in [0, 0.05) is 0 Å². The molecule has 0 fully saturated rings. The maximum absolute atomic E-state index is 5.52. The molecule has 0 saturated heterocycles. The van der Waals surface area contributed by atoms with Crippen LogP contribution in [0.5, 0.6) is 0 Å². The van der Waals surface area contributed by atoms with Crippen molar-refractivity contribution in [2.75, 3.05) is 0 Å². The van der Waals surface area contributed by atoms with E-state index in [1.54, 1.807) is 0 Å². The fourth-order valence-corrected chi connectivity index (χ4v) is 2.16. The van der Waals surface area contributed by atoms with E-state index in [-0.39, 0.29) is 5.22 Å². The number of aromatic nitrogens is 2. The molecule has 0 aliphatic heterocycles. The number of benzene rings is 1. The van der Waals surface area contributed by atoms with Crippen LogP contribution in [0.4, 0.5) is 0 Å². The van der Waals surface area contributed by atoms with Gasteiger partial charge in [-0.05, 0) is 36.5 Å². The zero-order chi connectivity index (χ0) is 11.0. The Hall–Kier alpha value is -1.53. The highest BCUT2D eigenvalue weighted by atomic mass is 32.2. The summed E-state index contributed by atoms with van der Waals surface area (Å²) in [7, 11) is 0. The van der Waals surface area contributed by atoms with E-state index in [4.69, 9.17) is 21.5 Å². The Morgan fingerprint density at radius 1 is 1.19 bits per heavy atom. The van der Waals surface area contributed by atoms with Crippen molar-refractivity contribution in [1.29, 1.82) is 0 Å². The quantitative estimate of drug-likeness (QED) is 0.695. The van der Waals surface area contributed by atoms with Crippen molar-refractivity contribution in [3.8, 4) is 0 Å². The molecule has 1 radical (unpaired) electrons. The summed E-state index contributed by atoms with van der Waals surface area (Å²) in [5.74, 6) is 0. The molecule has 79 valence electrons. The first-order chi connectivity index (χ1) is 7.81. The van der Waals surface area contributed by atoms with E-state index in [1.165, 1.54) is 18.0 Å². The predicted molar refractivity (Wildman–Crippen MR) is 60.5 cm³/mol. The third-order valence-electron chi connectivity index (χ3n) is 1.93. The van der Waals surface area contributed by atoms with Gasteiger partial charge in [-0.2, -0.15) is 4.98 Å². The van der Waals surface area contributed by atoms with Crippen LogP contribution < -0.4 is 0 Å². The molecule has 2 aromatic heterocycles. The van der Waals surface area contributed by atoms with E-state index in [1.807, 2.05) is 24.3 Å². The van der Waals surface area contributed by atoms with Crippen LogP contribution in [-0.2, 0) is 0 Å². The average Bonchev–Trinajstić information content (AvgIpc) is 2.84. The summed E-state index contributed by atoms with van der Waals surface area (Å²) in [5, 5.41) is 1.40. The van der Waals surface area contributed by atoms with Crippen LogP contribution in [0, 0.1) is 0 Å². The molecular weight excluding hydrogens is 244 g/mol. The van der Waals surface area contributed by atoms with Crippen molar-refractivity contribution in [1.82, 2.24) is 9.97 Å². The number of para-hydroxylation sites is 2. The number of hydrogen-bond donors (Lipinski definition) is 0. The second-order valence-corrected chi connectivity index (χ2v) is 4.32. The molecule has 0 bridgehead atoms. The Morgan fingerprint density at radius 3 is 2.81 bits per heavy atom. The number of fused-ring (bicyclic) bond motifs is 1. The largest absolute Gasteiger partial charge is 0.435 e. The summed E-state index contributed by atoms with van der Waals surface area (Å²) in [4.78, 5) is 8.29. The van der Waals surface area contributed by atoms with E-state index >= 15 is 0 Å². The molecule has 0 aliphatic carbocycles. The van der Waals surface area contributed by atoms with Gasteiger partial charge in [0.1, 0.15) is 16.8 Å². The Labute approximate surface area is 100 Å². The van der Waals surface area contributed by atoms with Crippen LogP contribution in [0.2, 0.25) is 0 Å². The molecule has 16 heavy (non-hydrogen) atoms. The van der Waals surface area contributed by atoms with Gasteiger partial charge in [-0.15, -0.1) is 0 Å². The minimum atomic E-state index is 0.221. The van der Waals surface area contributed by atoms with E-state index in [2.05, 4.69) is 9.97 Å². The summed E-state index contributed by atoms with van der Waals surface area (Å²) in [6.45, 7) is 0. The lowest BCUT2D eigenvalue weighted by molar-refractivity contribution is 0.456. The van der Waals surface area contributed by atoms with Gasteiger partial charge in [-0.3, -0.25) is 0 Å². The van der Waals surface area contributed by atoms with Crippen LogP contribution in [-0.4, -0.2) is 9.97 Å².